The van der Waals surface area contributed by atoms with Gasteiger partial charge in [0.05, 0.1) is 7.11 Å². The van der Waals surface area contributed by atoms with Crippen molar-refractivity contribution in [1.82, 2.24) is 5.32 Å². The van der Waals surface area contributed by atoms with E-state index in [4.69, 9.17) is 4.74 Å². The molecule has 3 nitrogen and oxygen atoms in total. The lowest BCUT2D eigenvalue weighted by Crippen LogP contribution is -2.46. The van der Waals surface area contributed by atoms with Gasteiger partial charge in [-0.15, -0.1) is 0 Å². The van der Waals surface area contributed by atoms with Crippen LogP contribution < -0.4 is 5.32 Å². The normalized spacial score (nSPS) is 15.1. The predicted molar refractivity (Wildman–Crippen MR) is 62.8 cm³/mol. The highest BCUT2D eigenvalue weighted by Gasteiger charge is 2.24. The number of hydrogen-bond donors (Lipinski definition) is 1. The first-order valence-corrected chi connectivity index (χ1v) is 5.90. The second-order valence-corrected chi connectivity index (χ2v) is 4.31. The average Bonchev–Trinajstić information content (AvgIpc) is 2.22. The first-order valence-electron chi connectivity index (χ1n) is 5.90. The molecule has 0 rings (SSSR count). The number of rotatable bonds is 7. The van der Waals surface area contributed by atoms with Gasteiger partial charge in [-0.2, -0.15) is 0 Å². The molecule has 0 aromatic rings. The highest BCUT2D eigenvalue weighted by atomic mass is 16.5. The van der Waals surface area contributed by atoms with E-state index in [0.29, 0.717) is 6.04 Å². The molecule has 0 aliphatic rings. The molecule has 0 fully saturated rings. The number of esters is 1. The second-order valence-electron chi connectivity index (χ2n) is 4.31. The highest BCUT2D eigenvalue weighted by molar-refractivity contribution is 5.75. The van der Waals surface area contributed by atoms with Crippen LogP contribution in [0.2, 0.25) is 0 Å². The molecule has 1 N–H and O–H groups in total. The van der Waals surface area contributed by atoms with Crippen LogP contribution in [0.5, 0.6) is 0 Å². The number of carbonyl (C=O) groups is 1. The highest BCUT2D eigenvalue weighted by Crippen LogP contribution is 2.09. The standard InChI is InChI=1S/C12H25NO2/c1-6-8-10(7-2)13-11(9(3)4)12(14)15-5/h9-11,13H,6-8H2,1-5H3/t10?,11-/m0/s1. The Balaban J connectivity index is 4.31. The predicted octanol–water partition coefficient (Wildman–Crippen LogP) is 2.35. The summed E-state index contributed by atoms with van der Waals surface area (Å²) >= 11 is 0. The van der Waals surface area contributed by atoms with Crippen LogP contribution in [0.15, 0.2) is 0 Å². The molecule has 0 aromatic carbocycles. The van der Waals surface area contributed by atoms with Crippen LogP contribution in [-0.2, 0) is 9.53 Å². The van der Waals surface area contributed by atoms with Gasteiger partial charge in [0.1, 0.15) is 6.04 Å². The van der Waals surface area contributed by atoms with Gasteiger partial charge in [-0.25, -0.2) is 0 Å². The smallest absolute Gasteiger partial charge is 0.323 e. The van der Waals surface area contributed by atoms with Crippen LogP contribution >= 0.6 is 0 Å². The molecule has 0 amide bonds. The van der Waals surface area contributed by atoms with Gasteiger partial charge in [0.2, 0.25) is 0 Å². The summed E-state index contributed by atoms with van der Waals surface area (Å²) in [5.41, 5.74) is 0. The van der Waals surface area contributed by atoms with Gasteiger partial charge in [0.15, 0.2) is 0 Å². The van der Waals surface area contributed by atoms with Gasteiger partial charge in [0.25, 0.3) is 0 Å². The van der Waals surface area contributed by atoms with E-state index in [-0.39, 0.29) is 17.9 Å². The molecule has 0 saturated carbocycles. The molecule has 0 aliphatic heterocycles. The van der Waals surface area contributed by atoms with Crippen LogP contribution in [0, 0.1) is 5.92 Å². The lowest BCUT2D eigenvalue weighted by Gasteiger charge is -2.25. The quantitative estimate of drug-likeness (QED) is 0.662. The summed E-state index contributed by atoms with van der Waals surface area (Å²) in [4.78, 5) is 11.5. The third kappa shape index (κ3) is 5.17. The lowest BCUT2D eigenvalue weighted by molar-refractivity contribution is -0.144. The van der Waals surface area contributed by atoms with E-state index in [1.54, 1.807) is 0 Å². The van der Waals surface area contributed by atoms with Crippen molar-refractivity contribution in [2.45, 2.75) is 59.0 Å². The molecule has 0 aliphatic carbocycles. The Morgan fingerprint density at radius 3 is 2.27 bits per heavy atom. The molecule has 0 aromatic heterocycles. The van der Waals surface area contributed by atoms with Gasteiger partial charge >= 0.3 is 5.97 Å². The van der Waals surface area contributed by atoms with Gasteiger partial charge < -0.3 is 10.1 Å². The van der Waals surface area contributed by atoms with Crippen LogP contribution in [0.25, 0.3) is 0 Å². The Kier molecular flexibility index (Phi) is 7.39. The minimum absolute atomic E-state index is 0.153. The molecule has 90 valence electrons. The minimum atomic E-state index is -0.175. The van der Waals surface area contributed by atoms with Crippen molar-refractivity contribution >= 4 is 5.97 Å². The van der Waals surface area contributed by atoms with E-state index in [1.807, 2.05) is 13.8 Å². The topological polar surface area (TPSA) is 38.3 Å². The molecular formula is C12H25NO2. The van der Waals surface area contributed by atoms with E-state index in [0.717, 1.165) is 19.3 Å². The average molecular weight is 215 g/mol. The Hall–Kier alpha value is -0.570. The zero-order chi connectivity index (χ0) is 11.8. The summed E-state index contributed by atoms with van der Waals surface area (Å²) in [6, 6.07) is 0.244. The molecule has 0 radical (unpaired) electrons. The minimum Gasteiger partial charge on any atom is -0.468 e. The number of nitrogens with one attached hydrogen (secondary N) is 1. The van der Waals surface area contributed by atoms with Crippen LogP contribution in [0.1, 0.15) is 47.0 Å². The van der Waals surface area contributed by atoms with Crippen LogP contribution in [-0.4, -0.2) is 25.2 Å². The van der Waals surface area contributed by atoms with Crippen molar-refractivity contribution in [3.8, 4) is 0 Å². The zero-order valence-corrected chi connectivity index (χ0v) is 10.7. The maximum Gasteiger partial charge on any atom is 0.323 e. The van der Waals surface area contributed by atoms with Crippen molar-refractivity contribution in [3.05, 3.63) is 0 Å². The summed E-state index contributed by atoms with van der Waals surface area (Å²) in [6.07, 6.45) is 3.29. The van der Waals surface area contributed by atoms with Crippen molar-refractivity contribution < 1.29 is 9.53 Å². The van der Waals surface area contributed by atoms with E-state index in [9.17, 15) is 4.79 Å². The number of carbonyl (C=O) groups excluding carboxylic acids is 1. The van der Waals surface area contributed by atoms with E-state index in [2.05, 4.69) is 19.2 Å². The number of methoxy groups -OCH3 is 1. The first kappa shape index (κ1) is 14.4. The van der Waals surface area contributed by atoms with E-state index < -0.39 is 0 Å². The molecule has 15 heavy (non-hydrogen) atoms. The fourth-order valence-electron chi connectivity index (χ4n) is 1.67. The van der Waals surface area contributed by atoms with Gasteiger partial charge in [-0.05, 0) is 18.8 Å². The maximum absolute atomic E-state index is 11.5. The first-order chi connectivity index (χ1) is 7.06. The Labute approximate surface area is 93.6 Å². The van der Waals surface area contributed by atoms with Gasteiger partial charge in [-0.3, -0.25) is 4.79 Å². The Morgan fingerprint density at radius 1 is 1.33 bits per heavy atom. The van der Waals surface area contributed by atoms with Crippen LogP contribution in [0.4, 0.5) is 0 Å². The molecule has 0 spiro atoms. The molecule has 0 saturated heterocycles. The van der Waals surface area contributed by atoms with Crippen molar-refractivity contribution in [2.75, 3.05) is 7.11 Å². The second kappa shape index (κ2) is 7.69. The van der Waals surface area contributed by atoms with Gasteiger partial charge in [-0.1, -0.05) is 34.1 Å². The van der Waals surface area contributed by atoms with Gasteiger partial charge in [0, 0.05) is 6.04 Å². The maximum atomic E-state index is 11.5. The third-order valence-corrected chi connectivity index (χ3v) is 2.67. The summed E-state index contributed by atoms with van der Waals surface area (Å²) in [7, 11) is 1.44. The molecule has 0 heterocycles. The summed E-state index contributed by atoms with van der Waals surface area (Å²) in [6.45, 7) is 8.37. The zero-order valence-electron chi connectivity index (χ0n) is 10.7. The molecule has 3 heteroatoms. The SMILES string of the molecule is CCCC(CC)N[C@H](C(=O)OC)C(C)C. The van der Waals surface area contributed by atoms with Crippen molar-refractivity contribution in [1.29, 1.82) is 0 Å². The Morgan fingerprint density at radius 2 is 1.93 bits per heavy atom. The summed E-state index contributed by atoms with van der Waals surface area (Å²) in [5, 5.41) is 3.38. The summed E-state index contributed by atoms with van der Waals surface area (Å²) < 4.78 is 4.80. The molecule has 1 unspecified atom stereocenters. The van der Waals surface area contributed by atoms with E-state index in [1.165, 1.54) is 7.11 Å². The summed E-state index contributed by atoms with van der Waals surface area (Å²) in [5.74, 6) is 0.114. The molecule has 0 bridgehead atoms. The largest absolute Gasteiger partial charge is 0.468 e. The van der Waals surface area contributed by atoms with Crippen molar-refractivity contribution in [2.24, 2.45) is 5.92 Å². The van der Waals surface area contributed by atoms with Crippen LogP contribution in [0.3, 0.4) is 0 Å². The van der Waals surface area contributed by atoms with E-state index >= 15 is 0 Å². The molecule has 2 atom stereocenters. The fourth-order valence-corrected chi connectivity index (χ4v) is 1.67. The fraction of sp³-hybridized carbons (Fsp3) is 0.917. The number of hydrogen-bond acceptors (Lipinski definition) is 3. The Bertz CT molecular complexity index is 180. The molecular weight excluding hydrogens is 190 g/mol. The monoisotopic (exact) mass is 215 g/mol. The lowest BCUT2D eigenvalue weighted by atomic mass is 10.0. The van der Waals surface area contributed by atoms with Crippen molar-refractivity contribution in [3.63, 3.8) is 0 Å². The third-order valence-electron chi connectivity index (χ3n) is 2.67. The number of ether oxygens (including phenoxy) is 1.